The third-order valence-electron chi connectivity index (χ3n) is 2.34. The maximum atomic E-state index is 2.32. The van der Waals surface area contributed by atoms with E-state index in [-0.39, 0.29) is 0 Å². The summed E-state index contributed by atoms with van der Waals surface area (Å²) in [5, 5.41) is 0. The molecule has 0 aliphatic carbocycles. The van der Waals surface area contributed by atoms with Crippen LogP contribution in [0.15, 0.2) is 54.3 Å². The summed E-state index contributed by atoms with van der Waals surface area (Å²) >= 11 is 0. The average molecular weight is 185 g/mol. The summed E-state index contributed by atoms with van der Waals surface area (Å²) in [6, 6.07) is 10.6. The molecule has 0 amide bonds. The van der Waals surface area contributed by atoms with Crippen LogP contribution in [-0.4, -0.2) is 11.4 Å². The predicted molar refractivity (Wildman–Crippen MR) is 59.7 cm³/mol. The van der Waals surface area contributed by atoms with E-state index in [1.807, 2.05) is 0 Å². The molecule has 0 aromatic heterocycles. The Bertz CT molecular complexity index is 349. The summed E-state index contributed by atoms with van der Waals surface area (Å²) < 4.78 is 0. The molecule has 0 spiro atoms. The smallest absolute Gasteiger partial charge is 0.0427 e. The lowest BCUT2D eigenvalue weighted by Crippen LogP contribution is -2.19. The van der Waals surface area contributed by atoms with E-state index in [1.165, 1.54) is 11.1 Å². The third-order valence-corrected chi connectivity index (χ3v) is 2.34. The second-order valence-corrected chi connectivity index (χ2v) is 3.69. The van der Waals surface area contributed by atoms with Crippen molar-refractivity contribution in [2.24, 2.45) is 0 Å². The van der Waals surface area contributed by atoms with Crippen LogP contribution in [0.25, 0.3) is 0 Å². The fourth-order valence-electron chi connectivity index (χ4n) is 1.69. The Balaban J connectivity index is 2.03. The number of benzene rings is 1. The number of hydrogen-bond acceptors (Lipinski definition) is 1. The lowest BCUT2D eigenvalue weighted by molar-refractivity contribution is 0.402. The van der Waals surface area contributed by atoms with E-state index >= 15 is 0 Å². The van der Waals surface area contributed by atoms with Gasteiger partial charge in [0.05, 0.1) is 0 Å². The van der Waals surface area contributed by atoms with Gasteiger partial charge in [-0.15, -0.1) is 0 Å². The largest absolute Gasteiger partial charge is 0.369 e. The Hall–Kier alpha value is -1.50. The van der Waals surface area contributed by atoms with Crippen molar-refractivity contribution in [2.45, 2.75) is 13.5 Å². The molecule has 2 rings (SSSR count). The summed E-state index contributed by atoms with van der Waals surface area (Å²) in [5.74, 6) is 0. The molecule has 14 heavy (non-hydrogen) atoms. The van der Waals surface area contributed by atoms with E-state index in [4.69, 9.17) is 0 Å². The Labute approximate surface area is 85.4 Å². The Morgan fingerprint density at radius 3 is 2.71 bits per heavy atom. The molecule has 0 radical (unpaired) electrons. The second kappa shape index (κ2) is 4.14. The van der Waals surface area contributed by atoms with Crippen molar-refractivity contribution in [3.63, 3.8) is 0 Å². The highest BCUT2D eigenvalue weighted by Crippen LogP contribution is 2.10. The molecule has 0 N–H and O–H groups in total. The summed E-state index contributed by atoms with van der Waals surface area (Å²) in [5.41, 5.74) is 2.69. The minimum Gasteiger partial charge on any atom is -0.369 e. The van der Waals surface area contributed by atoms with E-state index in [0.29, 0.717) is 0 Å². The molecule has 0 saturated heterocycles. The van der Waals surface area contributed by atoms with E-state index in [1.54, 1.807) is 0 Å². The standard InChI is InChI=1S/C13H15N/c1-12-6-5-9-14(10-12)11-13-7-3-2-4-8-13/h2-8,10H,9,11H2,1H3. The fourth-order valence-corrected chi connectivity index (χ4v) is 1.69. The van der Waals surface area contributed by atoms with Crippen molar-refractivity contribution in [2.75, 3.05) is 6.54 Å². The third kappa shape index (κ3) is 2.25. The topological polar surface area (TPSA) is 3.24 Å². The molecule has 0 saturated carbocycles. The van der Waals surface area contributed by atoms with Crippen molar-refractivity contribution < 1.29 is 0 Å². The van der Waals surface area contributed by atoms with Crippen molar-refractivity contribution in [3.8, 4) is 0 Å². The first-order valence-corrected chi connectivity index (χ1v) is 4.97. The number of nitrogens with zero attached hydrogens (tertiary/aromatic N) is 1. The normalized spacial score (nSPS) is 15.5. The fraction of sp³-hybridized carbons (Fsp3) is 0.231. The molecule has 1 heteroatoms. The van der Waals surface area contributed by atoms with Gasteiger partial charge in [-0.3, -0.25) is 0 Å². The van der Waals surface area contributed by atoms with Gasteiger partial charge in [-0.25, -0.2) is 0 Å². The lowest BCUT2D eigenvalue weighted by atomic mass is 10.2. The quantitative estimate of drug-likeness (QED) is 0.684. The van der Waals surface area contributed by atoms with Crippen molar-refractivity contribution in [3.05, 3.63) is 59.8 Å². The molecular weight excluding hydrogens is 170 g/mol. The van der Waals surface area contributed by atoms with Gasteiger partial charge in [-0.1, -0.05) is 42.5 Å². The van der Waals surface area contributed by atoms with E-state index in [9.17, 15) is 0 Å². The van der Waals surface area contributed by atoms with Gasteiger partial charge in [0.1, 0.15) is 0 Å². The van der Waals surface area contributed by atoms with Crippen LogP contribution >= 0.6 is 0 Å². The molecule has 1 aromatic carbocycles. The highest BCUT2D eigenvalue weighted by atomic mass is 15.1. The molecule has 1 aliphatic heterocycles. The Kier molecular flexibility index (Phi) is 2.68. The molecule has 1 aliphatic rings. The Morgan fingerprint density at radius 2 is 2.00 bits per heavy atom. The summed E-state index contributed by atoms with van der Waals surface area (Å²) in [7, 11) is 0. The van der Waals surface area contributed by atoms with Crippen molar-refractivity contribution in [1.29, 1.82) is 0 Å². The van der Waals surface area contributed by atoms with Gasteiger partial charge in [0.25, 0.3) is 0 Å². The summed E-state index contributed by atoms with van der Waals surface area (Å²) in [6.45, 7) is 4.16. The van der Waals surface area contributed by atoms with Crippen LogP contribution in [0.2, 0.25) is 0 Å². The van der Waals surface area contributed by atoms with E-state index in [0.717, 1.165) is 13.1 Å². The van der Waals surface area contributed by atoms with Gasteiger partial charge >= 0.3 is 0 Å². The maximum absolute atomic E-state index is 2.32. The zero-order valence-electron chi connectivity index (χ0n) is 8.48. The summed E-state index contributed by atoms with van der Waals surface area (Å²) in [6.07, 6.45) is 6.59. The number of hydrogen-bond donors (Lipinski definition) is 0. The van der Waals surface area contributed by atoms with Gasteiger partial charge < -0.3 is 4.90 Å². The van der Waals surface area contributed by atoms with E-state index in [2.05, 4.69) is 60.5 Å². The van der Waals surface area contributed by atoms with Crippen LogP contribution in [0.1, 0.15) is 12.5 Å². The summed E-state index contributed by atoms with van der Waals surface area (Å²) in [4.78, 5) is 2.32. The highest BCUT2D eigenvalue weighted by Gasteiger charge is 2.02. The lowest BCUT2D eigenvalue weighted by Gasteiger charge is -2.22. The molecule has 72 valence electrons. The second-order valence-electron chi connectivity index (χ2n) is 3.69. The van der Waals surface area contributed by atoms with Crippen LogP contribution in [0.5, 0.6) is 0 Å². The Morgan fingerprint density at radius 1 is 1.21 bits per heavy atom. The van der Waals surface area contributed by atoms with Gasteiger partial charge in [0, 0.05) is 19.3 Å². The number of allylic oxidation sites excluding steroid dienone is 2. The van der Waals surface area contributed by atoms with Crippen LogP contribution < -0.4 is 0 Å². The van der Waals surface area contributed by atoms with Gasteiger partial charge in [-0.2, -0.15) is 0 Å². The minimum absolute atomic E-state index is 1.00. The molecule has 1 aromatic rings. The molecule has 0 unspecified atom stereocenters. The molecule has 1 heterocycles. The predicted octanol–water partition coefficient (Wildman–Crippen LogP) is 2.96. The van der Waals surface area contributed by atoms with Crippen LogP contribution in [0.3, 0.4) is 0 Å². The SMILES string of the molecule is CC1=CN(Cc2ccccc2)CC=C1. The van der Waals surface area contributed by atoms with Gasteiger partial charge in [0.15, 0.2) is 0 Å². The monoisotopic (exact) mass is 185 g/mol. The van der Waals surface area contributed by atoms with Crippen LogP contribution in [-0.2, 0) is 6.54 Å². The molecule has 0 atom stereocenters. The zero-order valence-corrected chi connectivity index (χ0v) is 8.48. The zero-order chi connectivity index (χ0) is 9.80. The maximum Gasteiger partial charge on any atom is 0.0427 e. The highest BCUT2D eigenvalue weighted by molar-refractivity contribution is 5.21. The van der Waals surface area contributed by atoms with E-state index < -0.39 is 0 Å². The average Bonchev–Trinajstić information content (AvgIpc) is 2.19. The first-order valence-electron chi connectivity index (χ1n) is 4.97. The van der Waals surface area contributed by atoms with Crippen LogP contribution in [0.4, 0.5) is 0 Å². The molecular formula is C13H15N. The van der Waals surface area contributed by atoms with Gasteiger partial charge in [-0.05, 0) is 18.1 Å². The van der Waals surface area contributed by atoms with Crippen molar-refractivity contribution in [1.82, 2.24) is 4.90 Å². The first kappa shape index (κ1) is 9.07. The molecule has 0 bridgehead atoms. The van der Waals surface area contributed by atoms with Gasteiger partial charge in [0.2, 0.25) is 0 Å². The van der Waals surface area contributed by atoms with Crippen LogP contribution in [0, 0.1) is 0 Å². The minimum atomic E-state index is 1.00. The number of rotatable bonds is 2. The molecule has 1 nitrogen and oxygen atoms in total. The molecule has 0 fully saturated rings. The first-order chi connectivity index (χ1) is 6.84. The van der Waals surface area contributed by atoms with Crippen molar-refractivity contribution >= 4 is 0 Å².